The Labute approximate surface area is 112 Å². The molecule has 0 N–H and O–H groups in total. The van der Waals surface area contributed by atoms with Crippen LogP contribution in [0.2, 0.25) is 0 Å². The molecule has 0 aliphatic carbocycles. The summed E-state index contributed by atoms with van der Waals surface area (Å²) in [6, 6.07) is 23.1. The van der Waals surface area contributed by atoms with Crippen molar-refractivity contribution in [3.8, 4) is 0 Å². The molecule has 0 fully saturated rings. The van der Waals surface area contributed by atoms with Gasteiger partial charge in [0, 0.05) is 0 Å². The van der Waals surface area contributed by atoms with Crippen LogP contribution < -0.4 is 0 Å². The highest BCUT2D eigenvalue weighted by Gasteiger charge is 1.86. The predicted octanol–water partition coefficient (Wildman–Crippen LogP) is 5.38. The molecule has 94 valence electrons. The van der Waals surface area contributed by atoms with E-state index in [-0.39, 0.29) is 0 Å². The molecule has 0 radical (unpaired) electrons. The minimum atomic E-state index is 0.872. The molecule has 0 amide bonds. The average Bonchev–Trinajstić information content (AvgIpc) is 3.07. The van der Waals surface area contributed by atoms with Crippen LogP contribution in [-0.4, -0.2) is 0 Å². The van der Waals surface area contributed by atoms with E-state index in [1.54, 1.807) is 12.5 Å². The van der Waals surface area contributed by atoms with E-state index < -0.39 is 0 Å². The van der Waals surface area contributed by atoms with Crippen molar-refractivity contribution in [2.75, 3.05) is 0 Å². The third kappa shape index (κ3) is 5.00. The van der Waals surface area contributed by atoms with Gasteiger partial charge in [-0.2, -0.15) is 10.2 Å². The molecule has 3 rings (SSSR count). The second-order valence-electron chi connectivity index (χ2n) is 3.66. The highest BCUT2D eigenvalue weighted by atomic mass is 16.3. The highest BCUT2D eigenvalue weighted by Crippen LogP contribution is 2.16. The predicted molar refractivity (Wildman–Crippen MR) is 75.8 cm³/mol. The SMILES string of the molecule is c1ccc(N=Nc2ccccc2)cc1.c1ccoc1. The molecule has 0 unspecified atom stereocenters. The molecule has 0 bridgehead atoms. The maximum Gasteiger partial charge on any atom is 0.0902 e. The van der Waals surface area contributed by atoms with E-state index in [1.165, 1.54) is 0 Å². The molecule has 0 saturated carbocycles. The van der Waals surface area contributed by atoms with E-state index in [0.717, 1.165) is 11.4 Å². The van der Waals surface area contributed by atoms with Gasteiger partial charge in [0.2, 0.25) is 0 Å². The Morgan fingerprint density at radius 2 is 0.947 bits per heavy atom. The quantitative estimate of drug-likeness (QED) is 0.562. The zero-order valence-corrected chi connectivity index (χ0v) is 10.4. The lowest BCUT2D eigenvalue weighted by Gasteiger charge is -1.91. The minimum absolute atomic E-state index is 0.872. The third-order valence-electron chi connectivity index (χ3n) is 2.22. The van der Waals surface area contributed by atoms with Crippen LogP contribution in [-0.2, 0) is 0 Å². The minimum Gasteiger partial charge on any atom is -0.473 e. The van der Waals surface area contributed by atoms with Gasteiger partial charge < -0.3 is 4.42 Å². The van der Waals surface area contributed by atoms with Crippen molar-refractivity contribution in [2.24, 2.45) is 10.2 Å². The van der Waals surface area contributed by atoms with Gasteiger partial charge in [-0.1, -0.05) is 36.4 Å². The summed E-state index contributed by atoms with van der Waals surface area (Å²) in [6.45, 7) is 0. The number of furan rings is 1. The smallest absolute Gasteiger partial charge is 0.0902 e. The van der Waals surface area contributed by atoms with Crippen molar-refractivity contribution >= 4 is 11.4 Å². The molecule has 0 saturated heterocycles. The van der Waals surface area contributed by atoms with E-state index in [4.69, 9.17) is 0 Å². The summed E-state index contributed by atoms with van der Waals surface area (Å²) < 4.78 is 4.58. The van der Waals surface area contributed by atoms with Crippen LogP contribution in [0.15, 0.2) is 100.0 Å². The zero-order valence-electron chi connectivity index (χ0n) is 10.4. The first-order chi connectivity index (χ1) is 9.45. The van der Waals surface area contributed by atoms with Crippen LogP contribution in [0.25, 0.3) is 0 Å². The van der Waals surface area contributed by atoms with E-state index in [1.807, 2.05) is 72.8 Å². The third-order valence-corrected chi connectivity index (χ3v) is 2.22. The molecule has 2 aromatic carbocycles. The monoisotopic (exact) mass is 250 g/mol. The van der Waals surface area contributed by atoms with Crippen molar-refractivity contribution in [1.29, 1.82) is 0 Å². The molecular formula is C16H14N2O. The van der Waals surface area contributed by atoms with Gasteiger partial charge in [0.05, 0.1) is 23.9 Å². The number of benzene rings is 2. The van der Waals surface area contributed by atoms with Gasteiger partial charge in [0.25, 0.3) is 0 Å². The number of hydrogen-bond donors (Lipinski definition) is 0. The first kappa shape index (κ1) is 12.8. The van der Waals surface area contributed by atoms with Crippen LogP contribution in [0.1, 0.15) is 0 Å². The fourth-order valence-corrected chi connectivity index (χ4v) is 1.33. The second kappa shape index (κ2) is 7.61. The molecular weight excluding hydrogens is 236 g/mol. The molecule has 1 aromatic heterocycles. The molecule has 1 heterocycles. The van der Waals surface area contributed by atoms with Gasteiger partial charge in [0.1, 0.15) is 0 Å². The summed E-state index contributed by atoms with van der Waals surface area (Å²) >= 11 is 0. The molecule has 3 aromatic rings. The fourth-order valence-electron chi connectivity index (χ4n) is 1.33. The molecule has 0 aliphatic heterocycles. The maximum absolute atomic E-state index is 4.58. The van der Waals surface area contributed by atoms with Crippen molar-refractivity contribution in [3.05, 3.63) is 85.3 Å². The van der Waals surface area contributed by atoms with Crippen molar-refractivity contribution in [1.82, 2.24) is 0 Å². The number of azo groups is 1. The van der Waals surface area contributed by atoms with Crippen molar-refractivity contribution < 1.29 is 4.42 Å². The first-order valence-electron chi connectivity index (χ1n) is 5.94. The number of nitrogens with zero attached hydrogens (tertiary/aromatic N) is 2. The fraction of sp³-hybridized carbons (Fsp3) is 0. The summed E-state index contributed by atoms with van der Waals surface area (Å²) in [4.78, 5) is 0. The van der Waals surface area contributed by atoms with E-state index >= 15 is 0 Å². The lowest BCUT2D eigenvalue weighted by Crippen LogP contribution is -1.62. The Kier molecular flexibility index (Phi) is 5.11. The highest BCUT2D eigenvalue weighted by molar-refractivity contribution is 5.39. The van der Waals surface area contributed by atoms with Gasteiger partial charge in [-0.05, 0) is 36.4 Å². The normalized spacial score (nSPS) is 9.89. The van der Waals surface area contributed by atoms with E-state index in [0.29, 0.717) is 0 Å². The Hall–Kier alpha value is -2.68. The van der Waals surface area contributed by atoms with Gasteiger partial charge in [-0.15, -0.1) is 0 Å². The Morgan fingerprint density at radius 3 is 1.26 bits per heavy atom. The summed E-state index contributed by atoms with van der Waals surface area (Å²) in [5.74, 6) is 0. The van der Waals surface area contributed by atoms with Gasteiger partial charge in [0.15, 0.2) is 0 Å². The summed E-state index contributed by atoms with van der Waals surface area (Å²) in [5, 5.41) is 8.20. The Morgan fingerprint density at radius 1 is 0.526 bits per heavy atom. The summed E-state index contributed by atoms with van der Waals surface area (Å²) in [7, 11) is 0. The molecule has 3 nitrogen and oxygen atoms in total. The second-order valence-corrected chi connectivity index (χ2v) is 3.66. The van der Waals surface area contributed by atoms with Crippen molar-refractivity contribution in [3.63, 3.8) is 0 Å². The van der Waals surface area contributed by atoms with Crippen LogP contribution in [0, 0.1) is 0 Å². The van der Waals surface area contributed by atoms with Gasteiger partial charge >= 0.3 is 0 Å². The first-order valence-corrected chi connectivity index (χ1v) is 5.94. The number of rotatable bonds is 2. The van der Waals surface area contributed by atoms with E-state index in [2.05, 4.69) is 14.6 Å². The molecule has 0 atom stereocenters. The maximum atomic E-state index is 4.58. The van der Waals surface area contributed by atoms with Crippen LogP contribution in [0.5, 0.6) is 0 Å². The standard InChI is InChI=1S/C12H10N2.C4H4O/c1-3-7-11(8-4-1)13-14-12-9-5-2-6-10-12;1-2-4-5-3-1/h1-10H;1-4H. The average molecular weight is 250 g/mol. The Balaban J connectivity index is 0.000000224. The summed E-state index contributed by atoms with van der Waals surface area (Å²) in [6.07, 6.45) is 3.25. The van der Waals surface area contributed by atoms with Crippen LogP contribution >= 0.6 is 0 Å². The van der Waals surface area contributed by atoms with Gasteiger partial charge in [-0.3, -0.25) is 0 Å². The molecule has 0 aliphatic rings. The topological polar surface area (TPSA) is 37.9 Å². The lowest BCUT2D eigenvalue weighted by atomic mass is 10.3. The molecule has 19 heavy (non-hydrogen) atoms. The summed E-state index contributed by atoms with van der Waals surface area (Å²) in [5.41, 5.74) is 1.74. The van der Waals surface area contributed by atoms with Crippen molar-refractivity contribution in [2.45, 2.75) is 0 Å². The Bertz CT molecular complexity index is 516. The molecule has 3 heteroatoms. The van der Waals surface area contributed by atoms with E-state index in [9.17, 15) is 0 Å². The number of hydrogen-bond acceptors (Lipinski definition) is 3. The molecule has 0 spiro atoms. The van der Waals surface area contributed by atoms with Crippen LogP contribution in [0.3, 0.4) is 0 Å². The largest absolute Gasteiger partial charge is 0.473 e. The van der Waals surface area contributed by atoms with Crippen LogP contribution in [0.4, 0.5) is 11.4 Å². The van der Waals surface area contributed by atoms with Gasteiger partial charge in [-0.25, -0.2) is 0 Å². The zero-order chi connectivity index (χ0) is 13.2. The lowest BCUT2D eigenvalue weighted by molar-refractivity contribution is 0.567.